The molecule has 2 nitrogen and oxygen atoms in total. The van der Waals surface area contributed by atoms with E-state index in [2.05, 4.69) is 31.9 Å². The van der Waals surface area contributed by atoms with E-state index < -0.39 is 5.41 Å². The van der Waals surface area contributed by atoms with Gasteiger partial charge in [-0.25, -0.2) is 8.78 Å². The summed E-state index contributed by atoms with van der Waals surface area (Å²) in [6.07, 6.45) is 0. The lowest BCUT2D eigenvalue weighted by Crippen LogP contribution is -2.22. The number of aromatic nitrogens is 2. The zero-order valence-electron chi connectivity index (χ0n) is 16.8. The highest BCUT2D eigenvalue weighted by atomic mass is 79.9. The molecule has 4 rings (SSSR count). The van der Waals surface area contributed by atoms with Gasteiger partial charge in [0.25, 0.3) is 0 Å². The molecule has 0 saturated carbocycles. The Balaban J connectivity index is 1.75. The lowest BCUT2D eigenvalue weighted by Gasteiger charge is -2.25. The fraction of sp³-hybridized carbons (Fsp3) is 0.120. The molecule has 2 aromatic heterocycles. The first-order valence-electron chi connectivity index (χ1n) is 9.61. The van der Waals surface area contributed by atoms with E-state index in [4.69, 9.17) is 9.97 Å². The van der Waals surface area contributed by atoms with E-state index in [1.165, 1.54) is 12.1 Å². The molecule has 2 heterocycles. The van der Waals surface area contributed by atoms with Crippen LogP contribution in [0.2, 0.25) is 0 Å². The largest absolute Gasteiger partial charge is 0.252 e. The second-order valence-electron chi connectivity index (χ2n) is 7.69. The van der Waals surface area contributed by atoms with Crippen molar-refractivity contribution in [3.05, 3.63) is 105 Å². The summed E-state index contributed by atoms with van der Waals surface area (Å²) >= 11 is 6.57. The molecule has 31 heavy (non-hydrogen) atoms. The van der Waals surface area contributed by atoms with Gasteiger partial charge in [0.1, 0.15) is 11.6 Å². The third kappa shape index (κ3) is 4.46. The Bertz CT molecular complexity index is 1180. The average molecular weight is 544 g/mol. The SMILES string of the molecule is CC(C)(c1cccc(-c2ccc(Br)cc2F)n1)c1cccc(-c2ccc(Br)cc2F)n1. The number of rotatable bonds is 4. The summed E-state index contributed by atoms with van der Waals surface area (Å²) in [5.74, 6) is -0.690. The third-order valence-electron chi connectivity index (χ3n) is 5.19. The molecule has 0 radical (unpaired) electrons. The minimum atomic E-state index is -0.580. The lowest BCUT2D eigenvalue weighted by atomic mass is 9.84. The van der Waals surface area contributed by atoms with Crippen molar-refractivity contribution in [2.45, 2.75) is 19.3 Å². The van der Waals surface area contributed by atoms with Crippen molar-refractivity contribution >= 4 is 31.9 Å². The Morgan fingerprint density at radius 3 is 1.45 bits per heavy atom. The number of halogens is 4. The predicted molar refractivity (Wildman–Crippen MR) is 127 cm³/mol. The molecule has 0 atom stereocenters. The lowest BCUT2D eigenvalue weighted by molar-refractivity contribution is 0.594. The molecule has 0 spiro atoms. The van der Waals surface area contributed by atoms with Gasteiger partial charge in [-0.3, -0.25) is 9.97 Å². The minimum absolute atomic E-state index is 0.345. The van der Waals surface area contributed by atoms with Crippen LogP contribution in [0.15, 0.2) is 81.7 Å². The Hall–Kier alpha value is -2.44. The van der Waals surface area contributed by atoms with Crippen LogP contribution in [0, 0.1) is 11.6 Å². The molecule has 0 amide bonds. The first-order chi connectivity index (χ1) is 14.8. The Kier molecular flexibility index (Phi) is 6.04. The van der Waals surface area contributed by atoms with Crippen molar-refractivity contribution in [2.24, 2.45) is 0 Å². The summed E-state index contributed by atoms with van der Waals surface area (Å²) in [4.78, 5) is 9.48. The summed E-state index contributed by atoms with van der Waals surface area (Å²) in [6.45, 7) is 4.00. The van der Waals surface area contributed by atoms with Crippen molar-refractivity contribution in [2.75, 3.05) is 0 Å². The van der Waals surface area contributed by atoms with Gasteiger partial charge in [0, 0.05) is 25.5 Å². The zero-order chi connectivity index (χ0) is 22.2. The van der Waals surface area contributed by atoms with Crippen LogP contribution in [0.4, 0.5) is 8.78 Å². The molecule has 0 unspecified atom stereocenters. The van der Waals surface area contributed by atoms with Crippen molar-refractivity contribution < 1.29 is 8.78 Å². The summed E-state index contributed by atoms with van der Waals surface area (Å²) in [6, 6.07) is 20.9. The smallest absolute Gasteiger partial charge is 0.133 e. The van der Waals surface area contributed by atoms with Gasteiger partial charge in [0.15, 0.2) is 0 Å². The third-order valence-corrected chi connectivity index (χ3v) is 6.18. The van der Waals surface area contributed by atoms with E-state index in [0.29, 0.717) is 31.5 Å². The van der Waals surface area contributed by atoms with Crippen LogP contribution in [0.25, 0.3) is 22.5 Å². The molecular formula is C25H18Br2F2N2. The first-order valence-corrected chi connectivity index (χ1v) is 11.2. The molecule has 0 saturated heterocycles. The molecule has 0 fully saturated rings. The van der Waals surface area contributed by atoms with Gasteiger partial charge in [-0.2, -0.15) is 0 Å². The van der Waals surface area contributed by atoms with Gasteiger partial charge < -0.3 is 0 Å². The van der Waals surface area contributed by atoms with Crippen LogP contribution in [0.1, 0.15) is 25.2 Å². The second kappa shape index (κ2) is 8.60. The normalized spacial score (nSPS) is 11.5. The quantitative estimate of drug-likeness (QED) is 0.261. The van der Waals surface area contributed by atoms with Gasteiger partial charge in [-0.1, -0.05) is 44.0 Å². The summed E-state index contributed by atoms with van der Waals surface area (Å²) < 4.78 is 30.3. The minimum Gasteiger partial charge on any atom is -0.252 e. The molecule has 2 aromatic carbocycles. The number of hydrogen-bond donors (Lipinski definition) is 0. The van der Waals surface area contributed by atoms with Gasteiger partial charge in [-0.15, -0.1) is 0 Å². The average Bonchev–Trinajstić information content (AvgIpc) is 2.74. The summed E-state index contributed by atoms with van der Waals surface area (Å²) in [7, 11) is 0. The molecule has 0 aliphatic rings. The predicted octanol–water partition coefficient (Wildman–Crippen LogP) is 7.94. The van der Waals surface area contributed by atoms with E-state index in [0.717, 1.165) is 11.4 Å². The molecule has 156 valence electrons. The second-order valence-corrected chi connectivity index (χ2v) is 9.52. The summed E-state index contributed by atoms with van der Waals surface area (Å²) in [5, 5.41) is 0. The summed E-state index contributed by atoms with van der Waals surface area (Å²) in [5.41, 5.74) is 2.86. The zero-order valence-corrected chi connectivity index (χ0v) is 20.0. The van der Waals surface area contributed by atoms with E-state index >= 15 is 0 Å². The Morgan fingerprint density at radius 2 is 1.06 bits per heavy atom. The maximum absolute atomic E-state index is 14.5. The highest BCUT2D eigenvalue weighted by Crippen LogP contribution is 2.33. The molecular weight excluding hydrogens is 526 g/mol. The molecule has 0 bridgehead atoms. The van der Waals surface area contributed by atoms with Crippen LogP contribution in [-0.2, 0) is 5.41 Å². The molecule has 4 aromatic rings. The van der Waals surface area contributed by atoms with E-state index in [-0.39, 0.29) is 11.6 Å². The number of nitrogens with zero attached hydrogens (tertiary/aromatic N) is 2. The van der Waals surface area contributed by atoms with E-state index in [1.807, 2.05) is 38.1 Å². The van der Waals surface area contributed by atoms with Gasteiger partial charge in [0.05, 0.1) is 22.8 Å². The maximum Gasteiger partial charge on any atom is 0.133 e. The molecule has 0 aliphatic carbocycles. The number of pyridine rings is 2. The van der Waals surface area contributed by atoms with Gasteiger partial charge >= 0.3 is 0 Å². The van der Waals surface area contributed by atoms with Gasteiger partial charge in [-0.05, 0) is 74.5 Å². The topological polar surface area (TPSA) is 25.8 Å². The standard InChI is InChI=1S/C25H18Br2F2N2/c1-25(2,23-7-3-5-21(30-23)17-11-9-15(26)13-19(17)28)24-8-4-6-22(31-24)18-12-10-16(27)14-20(18)29/h3-14H,1-2H3. The van der Waals surface area contributed by atoms with Crippen LogP contribution >= 0.6 is 31.9 Å². The van der Waals surface area contributed by atoms with Crippen LogP contribution in [0.3, 0.4) is 0 Å². The Labute approximate surface area is 196 Å². The number of benzene rings is 2. The Morgan fingerprint density at radius 1 is 0.645 bits per heavy atom. The monoisotopic (exact) mass is 542 g/mol. The van der Waals surface area contributed by atoms with E-state index in [1.54, 1.807) is 36.4 Å². The van der Waals surface area contributed by atoms with Gasteiger partial charge in [0.2, 0.25) is 0 Å². The highest BCUT2D eigenvalue weighted by molar-refractivity contribution is 9.10. The van der Waals surface area contributed by atoms with Crippen LogP contribution in [-0.4, -0.2) is 9.97 Å². The van der Waals surface area contributed by atoms with Crippen molar-refractivity contribution in [1.82, 2.24) is 9.97 Å². The maximum atomic E-state index is 14.5. The van der Waals surface area contributed by atoms with E-state index in [9.17, 15) is 8.78 Å². The molecule has 6 heteroatoms. The van der Waals surface area contributed by atoms with Crippen LogP contribution in [0.5, 0.6) is 0 Å². The fourth-order valence-corrected chi connectivity index (χ4v) is 4.06. The van der Waals surface area contributed by atoms with Crippen molar-refractivity contribution in [1.29, 1.82) is 0 Å². The fourth-order valence-electron chi connectivity index (χ4n) is 3.39. The van der Waals surface area contributed by atoms with Crippen LogP contribution < -0.4 is 0 Å². The van der Waals surface area contributed by atoms with Crippen molar-refractivity contribution in [3.8, 4) is 22.5 Å². The molecule has 0 aliphatic heterocycles. The van der Waals surface area contributed by atoms with Crippen molar-refractivity contribution in [3.63, 3.8) is 0 Å². The first kappa shape index (κ1) is 21.8. The highest BCUT2D eigenvalue weighted by Gasteiger charge is 2.27. The number of hydrogen-bond acceptors (Lipinski definition) is 2. The molecule has 0 N–H and O–H groups in total.